The van der Waals surface area contributed by atoms with E-state index in [0.717, 1.165) is 58.5 Å². The Labute approximate surface area is 210 Å². The van der Waals surface area contributed by atoms with Crippen LogP contribution in [0.2, 0.25) is 0 Å². The molecule has 1 amide bonds. The van der Waals surface area contributed by atoms with Crippen LogP contribution in [0.3, 0.4) is 0 Å². The first-order valence-electron chi connectivity index (χ1n) is 13.0. The fraction of sp³-hybridized carbons (Fsp3) is 0.387. The molecule has 3 aromatic rings. The molecule has 1 saturated heterocycles. The zero-order chi connectivity index (χ0) is 24.0. The highest BCUT2D eigenvalue weighted by Crippen LogP contribution is 2.22. The largest absolute Gasteiger partial charge is 0.352 e. The second-order valence-electron chi connectivity index (χ2n) is 10.3. The fourth-order valence-corrected chi connectivity index (χ4v) is 5.54. The molecule has 1 fully saturated rings. The number of likely N-dealkylation sites (tertiary alicyclic amines) is 1. The van der Waals surface area contributed by atoms with Gasteiger partial charge in [0.05, 0.1) is 0 Å². The molecule has 2 aliphatic heterocycles. The Bertz CT molecular complexity index is 1150. The minimum atomic E-state index is 0.125. The maximum atomic E-state index is 12.9. The number of rotatable bonds is 7. The topological polar surface area (TPSA) is 35.6 Å². The molecular weight excluding hydrogens is 430 g/mol. The number of hydrogen-bond acceptors (Lipinski definition) is 3. The predicted molar refractivity (Wildman–Crippen MR) is 142 cm³/mol. The molecule has 182 valence electrons. The summed E-state index contributed by atoms with van der Waals surface area (Å²) in [6.07, 6.45) is 3.00. The van der Waals surface area contributed by atoms with Crippen molar-refractivity contribution in [3.05, 3.63) is 106 Å². The van der Waals surface area contributed by atoms with E-state index in [1.807, 2.05) is 0 Å². The minimum Gasteiger partial charge on any atom is -0.352 e. The van der Waals surface area contributed by atoms with Crippen molar-refractivity contribution in [2.45, 2.75) is 52.4 Å². The molecule has 2 aliphatic rings. The van der Waals surface area contributed by atoms with Crippen LogP contribution in [0.15, 0.2) is 72.8 Å². The number of amides is 1. The van der Waals surface area contributed by atoms with Crippen LogP contribution < -0.4 is 5.32 Å². The summed E-state index contributed by atoms with van der Waals surface area (Å²) < 4.78 is 0. The highest BCUT2D eigenvalue weighted by atomic mass is 16.1. The van der Waals surface area contributed by atoms with Crippen LogP contribution in [-0.2, 0) is 37.4 Å². The highest BCUT2D eigenvalue weighted by Gasteiger charge is 2.25. The minimum absolute atomic E-state index is 0.125. The molecule has 0 aromatic heterocycles. The molecule has 0 aliphatic carbocycles. The number of nitrogens with zero attached hydrogens (tertiary/aromatic N) is 2. The van der Waals surface area contributed by atoms with Gasteiger partial charge in [0.2, 0.25) is 5.91 Å². The van der Waals surface area contributed by atoms with Crippen molar-refractivity contribution >= 4 is 5.91 Å². The average molecular weight is 468 g/mol. The molecule has 0 unspecified atom stereocenters. The van der Waals surface area contributed by atoms with Crippen LogP contribution in [-0.4, -0.2) is 35.3 Å². The SMILES string of the molecule is Cc1cccc(CN2CCC(C(=O)NCc3cccc(CN4CCc5ccccc5C4)c3)CC2)c1. The fourth-order valence-electron chi connectivity index (χ4n) is 5.54. The lowest BCUT2D eigenvalue weighted by Gasteiger charge is -2.31. The second-order valence-corrected chi connectivity index (χ2v) is 10.3. The van der Waals surface area contributed by atoms with Crippen LogP contribution in [0.1, 0.15) is 46.2 Å². The van der Waals surface area contributed by atoms with Crippen molar-refractivity contribution in [2.75, 3.05) is 19.6 Å². The molecule has 0 bridgehead atoms. The van der Waals surface area contributed by atoms with Crippen molar-refractivity contribution in [2.24, 2.45) is 5.92 Å². The predicted octanol–water partition coefficient (Wildman–Crippen LogP) is 5.08. The molecule has 0 spiro atoms. The Balaban J connectivity index is 1.08. The number of hydrogen-bond donors (Lipinski definition) is 1. The van der Waals surface area contributed by atoms with Gasteiger partial charge in [-0.15, -0.1) is 0 Å². The first-order valence-corrected chi connectivity index (χ1v) is 13.0. The summed E-state index contributed by atoms with van der Waals surface area (Å²) in [6.45, 7) is 8.77. The molecule has 35 heavy (non-hydrogen) atoms. The van der Waals surface area contributed by atoms with Gasteiger partial charge in [-0.25, -0.2) is 0 Å². The number of carbonyl (C=O) groups is 1. The lowest BCUT2D eigenvalue weighted by atomic mass is 9.95. The Hall–Kier alpha value is -2.95. The van der Waals surface area contributed by atoms with Crippen LogP contribution in [0, 0.1) is 12.8 Å². The Morgan fingerprint density at radius 2 is 1.49 bits per heavy atom. The van der Waals surface area contributed by atoms with Crippen LogP contribution in [0.5, 0.6) is 0 Å². The quantitative estimate of drug-likeness (QED) is 0.526. The number of nitrogens with one attached hydrogen (secondary N) is 1. The molecular formula is C31H37N3O. The third-order valence-corrected chi connectivity index (χ3v) is 7.52. The normalized spacial score (nSPS) is 17.2. The molecule has 2 heterocycles. The van der Waals surface area contributed by atoms with Gasteiger partial charge in [-0.2, -0.15) is 0 Å². The third kappa shape index (κ3) is 6.39. The maximum absolute atomic E-state index is 12.9. The molecule has 0 saturated carbocycles. The van der Waals surface area contributed by atoms with E-state index in [-0.39, 0.29) is 11.8 Å². The zero-order valence-corrected chi connectivity index (χ0v) is 20.9. The lowest BCUT2D eigenvalue weighted by molar-refractivity contribution is -0.126. The molecule has 4 nitrogen and oxygen atoms in total. The van der Waals surface area contributed by atoms with E-state index in [2.05, 4.69) is 94.8 Å². The third-order valence-electron chi connectivity index (χ3n) is 7.52. The van der Waals surface area contributed by atoms with Gasteiger partial charge < -0.3 is 5.32 Å². The van der Waals surface area contributed by atoms with E-state index in [1.165, 1.54) is 33.4 Å². The Morgan fingerprint density at radius 3 is 2.29 bits per heavy atom. The van der Waals surface area contributed by atoms with Gasteiger partial charge in [-0.1, -0.05) is 78.4 Å². The van der Waals surface area contributed by atoms with E-state index in [9.17, 15) is 4.79 Å². The van der Waals surface area contributed by atoms with Gasteiger partial charge in [-0.05, 0) is 67.1 Å². The first kappa shape index (κ1) is 23.8. The van der Waals surface area contributed by atoms with Crippen LogP contribution in [0.25, 0.3) is 0 Å². The zero-order valence-electron chi connectivity index (χ0n) is 20.9. The number of carbonyl (C=O) groups excluding carboxylic acids is 1. The van der Waals surface area contributed by atoms with Crippen molar-refractivity contribution < 1.29 is 4.79 Å². The summed E-state index contributed by atoms with van der Waals surface area (Å²) in [4.78, 5) is 17.9. The number of aryl methyl sites for hydroxylation is 1. The van der Waals surface area contributed by atoms with Gasteiger partial charge in [-0.3, -0.25) is 14.6 Å². The number of piperidine rings is 1. The van der Waals surface area contributed by atoms with E-state index < -0.39 is 0 Å². The Morgan fingerprint density at radius 1 is 0.800 bits per heavy atom. The molecule has 4 heteroatoms. The second kappa shape index (κ2) is 11.2. The van der Waals surface area contributed by atoms with Crippen molar-refractivity contribution in [1.82, 2.24) is 15.1 Å². The standard InChI is InChI=1S/C31H37N3O/c1-24-6-4-8-26(18-24)21-33-15-13-29(14-16-33)31(35)32-20-25-7-5-9-27(19-25)22-34-17-12-28-10-2-3-11-30(28)23-34/h2-11,18-19,29H,12-17,20-23H2,1H3,(H,32,35). The number of fused-ring (bicyclic) bond motifs is 1. The summed E-state index contributed by atoms with van der Waals surface area (Å²) in [5, 5.41) is 3.21. The smallest absolute Gasteiger partial charge is 0.223 e. The molecule has 3 aromatic carbocycles. The van der Waals surface area contributed by atoms with Crippen molar-refractivity contribution in [3.8, 4) is 0 Å². The molecule has 5 rings (SSSR count). The van der Waals surface area contributed by atoms with E-state index >= 15 is 0 Å². The monoisotopic (exact) mass is 467 g/mol. The summed E-state index contributed by atoms with van der Waals surface area (Å²) in [6, 6.07) is 26.2. The van der Waals surface area contributed by atoms with Gasteiger partial charge >= 0.3 is 0 Å². The number of benzene rings is 3. The summed E-state index contributed by atoms with van der Waals surface area (Å²) in [5.41, 5.74) is 8.11. The van der Waals surface area contributed by atoms with Crippen LogP contribution >= 0.6 is 0 Å². The maximum Gasteiger partial charge on any atom is 0.223 e. The average Bonchev–Trinajstić information content (AvgIpc) is 2.88. The molecule has 0 atom stereocenters. The van der Waals surface area contributed by atoms with Gasteiger partial charge in [0.1, 0.15) is 0 Å². The molecule has 0 radical (unpaired) electrons. The Kier molecular flexibility index (Phi) is 7.60. The highest BCUT2D eigenvalue weighted by molar-refractivity contribution is 5.78. The summed E-state index contributed by atoms with van der Waals surface area (Å²) in [7, 11) is 0. The van der Waals surface area contributed by atoms with Gasteiger partial charge in [0.15, 0.2) is 0 Å². The lowest BCUT2D eigenvalue weighted by Crippen LogP contribution is -2.40. The van der Waals surface area contributed by atoms with E-state index in [4.69, 9.17) is 0 Å². The van der Waals surface area contributed by atoms with Gasteiger partial charge in [0.25, 0.3) is 0 Å². The van der Waals surface area contributed by atoms with E-state index in [0.29, 0.717) is 6.54 Å². The van der Waals surface area contributed by atoms with E-state index in [1.54, 1.807) is 0 Å². The van der Waals surface area contributed by atoms with Crippen LogP contribution in [0.4, 0.5) is 0 Å². The first-order chi connectivity index (χ1) is 17.1. The molecule has 1 N–H and O–H groups in total. The van der Waals surface area contributed by atoms with Crippen molar-refractivity contribution in [1.29, 1.82) is 0 Å². The van der Waals surface area contributed by atoms with Crippen molar-refractivity contribution in [3.63, 3.8) is 0 Å². The van der Waals surface area contributed by atoms with Gasteiger partial charge in [0, 0.05) is 38.6 Å². The summed E-state index contributed by atoms with van der Waals surface area (Å²) >= 11 is 0. The summed E-state index contributed by atoms with van der Waals surface area (Å²) in [5.74, 6) is 0.332.